The summed E-state index contributed by atoms with van der Waals surface area (Å²) in [6.45, 7) is 8.00. The van der Waals surface area contributed by atoms with Crippen molar-refractivity contribution in [1.82, 2.24) is 19.4 Å². The van der Waals surface area contributed by atoms with Crippen LogP contribution in [-0.2, 0) is 11.3 Å². The lowest BCUT2D eigenvalue weighted by Gasteiger charge is -2.40. The van der Waals surface area contributed by atoms with E-state index < -0.39 is 0 Å². The molecule has 156 valence electrons. The maximum atomic E-state index is 13.4. The van der Waals surface area contributed by atoms with Crippen LogP contribution in [0.2, 0.25) is 0 Å². The number of carbonyl (C=O) groups is 1. The maximum absolute atomic E-state index is 13.4. The molecule has 0 bridgehead atoms. The Balaban J connectivity index is 1.38. The van der Waals surface area contributed by atoms with Crippen molar-refractivity contribution in [2.45, 2.75) is 70.5 Å². The molecule has 2 aromatic rings. The van der Waals surface area contributed by atoms with Gasteiger partial charge in [-0.05, 0) is 51.6 Å². The molecule has 5 nitrogen and oxygen atoms in total. The van der Waals surface area contributed by atoms with Crippen molar-refractivity contribution in [2.75, 3.05) is 19.6 Å². The van der Waals surface area contributed by atoms with E-state index in [9.17, 15) is 4.79 Å². The highest BCUT2D eigenvalue weighted by atomic mass is 16.2. The zero-order chi connectivity index (χ0) is 20.2. The van der Waals surface area contributed by atoms with Crippen LogP contribution in [0.3, 0.4) is 0 Å². The standard InChI is InChI=1S/C24H34N4O/c1-19(2)28-17-13-25-23(28)21-11-15-26(16-12-21)24(29)22-10-6-7-14-27(22)18-20-8-4-3-5-9-20/h3-5,8-9,13,17,19,21-22H,6-7,10-12,14-16,18H2,1-2H3/t22-/m0/s1. The second kappa shape index (κ2) is 9.12. The molecule has 5 heteroatoms. The minimum absolute atomic E-state index is 0.0400. The SMILES string of the molecule is CC(C)n1ccnc1C1CCN(C(=O)[C@@H]2CCCCN2Cc2ccccc2)CC1. The van der Waals surface area contributed by atoms with Crippen molar-refractivity contribution in [3.8, 4) is 0 Å². The zero-order valence-corrected chi connectivity index (χ0v) is 17.8. The van der Waals surface area contributed by atoms with Crippen LogP contribution in [0.5, 0.6) is 0 Å². The van der Waals surface area contributed by atoms with E-state index >= 15 is 0 Å². The number of nitrogens with zero attached hydrogens (tertiary/aromatic N) is 4. The largest absolute Gasteiger partial charge is 0.341 e. The van der Waals surface area contributed by atoms with Gasteiger partial charge in [0.25, 0.3) is 0 Å². The van der Waals surface area contributed by atoms with Gasteiger partial charge in [0.05, 0.1) is 6.04 Å². The van der Waals surface area contributed by atoms with Gasteiger partial charge in [-0.15, -0.1) is 0 Å². The molecule has 29 heavy (non-hydrogen) atoms. The highest BCUT2D eigenvalue weighted by molar-refractivity contribution is 5.82. The summed E-state index contributed by atoms with van der Waals surface area (Å²) in [5.74, 6) is 1.99. The molecule has 4 rings (SSSR count). The predicted octanol–water partition coefficient (Wildman–Crippen LogP) is 4.22. The summed E-state index contributed by atoms with van der Waals surface area (Å²) in [6.07, 6.45) is 9.36. The molecule has 1 aromatic carbocycles. The second-order valence-electron chi connectivity index (χ2n) is 8.85. The van der Waals surface area contributed by atoms with Crippen LogP contribution >= 0.6 is 0 Å². The van der Waals surface area contributed by atoms with Crippen molar-refractivity contribution in [3.63, 3.8) is 0 Å². The Kier molecular flexibility index (Phi) is 6.34. The van der Waals surface area contributed by atoms with Crippen molar-refractivity contribution in [3.05, 3.63) is 54.1 Å². The summed E-state index contributed by atoms with van der Waals surface area (Å²) >= 11 is 0. The summed E-state index contributed by atoms with van der Waals surface area (Å²) in [5, 5.41) is 0. The van der Waals surface area contributed by atoms with Gasteiger partial charge in [0.1, 0.15) is 5.82 Å². The molecule has 0 aliphatic carbocycles. The van der Waals surface area contributed by atoms with E-state index in [2.05, 4.69) is 69.7 Å². The molecule has 0 unspecified atom stereocenters. The first-order valence-electron chi connectivity index (χ1n) is 11.2. The van der Waals surface area contributed by atoms with E-state index in [1.165, 1.54) is 17.8 Å². The van der Waals surface area contributed by atoms with E-state index in [4.69, 9.17) is 0 Å². The van der Waals surface area contributed by atoms with Gasteiger partial charge in [0, 0.05) is 44.0 Å². The molecule has 1 amide bonds. The average Bonchev–Trinajstić information content (AvgIpc) is 3.25. The van der Waals surface area contributed by atoms with E-state index in [0.29, 0.717) is 17.9 Å². The maximum Gasteiger partial charge on any atom is 0.239 e. The first kappa shape index (κ1) is 20.1. The molecular weight excluding hydrogens is 360 g/mol. The second-order valence-corrected chi connectivity index (χ2v) is 8.85. The number of piperidine rings is 2. The number of hydrogen-bond donors (Lipinski definition) is 0. The first-order valence-corrected chi connectivity index (χ1v) is 11.2. The molecular formula is C24H34N4O. The minimum Gasteiger partial charge on any atom is -0.341 e. The molecule has 3 heterocycles. The lowest BCUT2D eigenvalue weighted by molar-refractivity contribution is -0.139. The number of carbonyl (C=O) groups excluding carboxylic acids is 1. The molecule has 0 radical (unpaired) electrons. The van der Waals surface area contributed by atoms with Crippen LogP contribution in [0, 0.1) is 0 Å². The van der Waals surface area contributed by atoms with E-state index in [-0.39, 0.29) is 6.04 Å². The van der Waals surface area contributed by atoms with Gasteiger partial charge in [-0.2, -0.15) is 0 Å². The van der Waals surface area contributed by atoms with Gasteiger partial charge in [-0.3, -0.25) is 9.69 Å². The van der Waals surface area contributed by atoms with Crippen LogP contribution in [0.1, 0.15) is 69.3 Å². The first-order chi connectivity index (χ1) is 14.1. The number of hydrogen-bond acceptors (Lipinski definition) is 3. The smallest absolute Gasteiger partial charge is 0.239 e. The Morgan fingerprint density at radius 2 is 1.83 bits per heavy atom. The van der Waals surface area contributed by atoms with E-state index in [1.807, 2.05) is 6.20 Å². The fourth-order valence-corrected chi connectivity index (χ4v) is 4.92. The molecule has 2 saturated heterocycles. The summed E-state index contributed by atoms with van der Waals surface area (Å²) in [4.78, 5) is 22.5. The molecule has 0 spiro atoms. The summed E-state index contributed by atoms with van der Waals surface area (Å²) < 4.78 is 2.28. The number of aromatic nitrogens is 2. The fraction of sp³-hybridized carbons (Fsp3) is 0.583. The third-order valence-electron chi connectivity index (χ3n) is 6.55. The number of amides is 1. The number of benzene rings is 1. The molecule has 1 atom stereocenters. The summed E-state index contributed by atoms with van der Waals surface area (Å²) in [5.41, 5.74) is 1.30. The van der Waals surface area contributed by atoms with Crippen LogP contribution in [0.25, 0.3) is 0 Å². The van der Waals surface area contributed by atoms with Crippen LogP contribution in [0.15, 0.2) is 42.7 Å². The highest BCUT2D eigenvalue weighted by Gasteiger charge is 2.34. The molecule has 2 aliphatic rings. The number of rotatable bonds is 5. The molecule has 2 fully saturated rings. The van der Waals surface area contributed by atoms with Crippen molar-refractivity contribution >= 4 is 5.91 Å². The van der Waals surface area contributed by atoms with Gasteiger partial charge in [0.2, 0.25) is 5.91 Å². The summed E-state index contributed by atoms with van der Waals surface area (Å²) in [6, 6.07) is 11.0. The van der Waals surface area contributed by atoms with Crippen molar-refractivity contribution in [1.29, 1.82) is 0 Å². The Bertz CT molecular complexity index is 792. The average molecular weight is 395 g/mol. The lowest BCUT2D eigenvalue weighted by atomic mass is 9.93. The van der Waals surface area contributed by atoms with Crippen LogP contribution in [0.4, 0.5) is 0 Å². The topological polar surface area (TPSA) is 41.4 Å². The van der Waals surface area contributed by atoms with Crippen LogP contribution in [-0.4, -0.2) is 50.9 Å². The van der Waals surface area contributed by atoms with Gasteiger partial charge in [-0.25, -0.2) is 4.98 Å². The quantitative estimate of drug-likeness (QED) is 0.762. The molecule has 2 aliphatic heterocycles. The number of imidazole rings is 1. The van der Waals surface area contributed by atoms with E-state index in [0.717, 1.165) is 51.9 Å². The summed E-state index contributed by atoms with van der Waals surface area (Å²) in [7, 11) is 0. The Hall–Kier alpha value is -2.14. The van der Waals surface area contributed by atoms with Gasteiger partial charge < -0.3 is 9.47 Å². The van der Waals surface area contributed by atoms with Crippen molar-refractivity contribution < 1.29 is 4.79 Å². The predicted molar refractivity (Wildman–Crippen MR) is 116 cm³/mol. The molecule has 1 aromatic heterocycles. The zero-order valence-electron chi connectivity index (χ0n) is 17.8. The Labute approximate surface area is 174 Å². The normalized spacial score (nSPS) is 21.6. The molecule has 0 N–H and O–H groups in total. The lowest BCUT2D eigenvalue weighted by Crippen LogP contribution is -2.52. The highest BCUT2D eigenvalue weighted by Crippen LogP contribution is 2.30. The third kappa shape index (κ3) is 4.55. The van der Waals surface area contributed by atoms with Crippen LogP contribution < -0.4 is 0 Å². The minimum atomic E-state index is 0.0400. The van der Waals surface area contributed by atoms with Gasteiger partial charge in [-0.1, -0.05) is 36.8 Å². The van der Waals surface area contributed by atoms with Gasteiger partial charge in [0.15, 0.2) is 0 Å². The third-order valence-corrected chi connectivity index (χ3v) is 6.55. The van der Waals surface area contributed by atoms with Crippen molar-refractivity contribution in [2.24, 2.45) is 0 Å². The monoisotopic (exact) mass is 394 g/mol. The Morgan fingerprint density at radius 1 is 1.07 bits per heavy atom. The molecule has 0 saturated carbocycles. The van der Waals surface area contributed by atoms with Gasteiger partial charge >= 0.3 is 0 Å². The Morgan fingerprint density at radius 3 is 2.55 bits per heavy atom. The fourth-order valence-electron chi connectivity index (χ4n) is 4.92. The number of likely N-dealkylation sites (tertiary alicyclic amines) is 2. The van der Waals surface area contributed by atoms with E-state index in [1.54, 1.807) is 0 Å².